The molecule has 6 unspecified atom stereocenters. The van der Waals surface area contributed by atoms with Crippen LogP contribution < -0.4 is 5.73 Å². The van der Waals surface area contributed by atoms with Crippen molar-refractivity contribution >= 4 is 0 Å². The van der Waals surface area contributed by atoms with Crippen molar-refractivity contribution in [2.24, 2.45) is 53.1 Å². The monoisotopic (exact) mass is 437 g/mol. The molecule has 2 N–H and O–H groups in total. The first kappa shape index (κ1) is 32.9. The van der Waals surface area contributed by atoms with Gasteiger partial charge >= 0.3 is 0 Å². The summed E-state index contributed by atoms with van der Waals surface area (Å²) in [5.74, 6) is 8.26. The maximum Gasteiger partial charge on any atom is -0.0195 e. The van der Waals surface area contributed by atoms with Gasteiger partial charge in [-0.25, -0.2) is 0 Å². The van der Waals surface area contributed by atoms with E-state index >= 15 is 0 Å². The first-order chi connectivity index (χ1) is 15.0. The minimum atomic E-state index is 0.975. The van der Waals surface area contributed by atoms with Crippen molar-refractivity contribution in [3.8, 4) is 0 Å². The zero-order valence-corrected chi connectivity index (χ0v) is 23.4. The second kappa shape index (κ2) is 20.3. The van der Waals surface area contributed by atoms with Crippen LogP contribution in [0.5, 0.6) is 0 Å². The molecule has 3 saturated carbocycles. The summed E-state index contributed by atoms with van der Waals surface area (Å²) in [5.41, 5.74) is 4.50. The van der Waals surface area contributed by atoms with E-state index in [9.17, 15) is 0 Å². The Labute approximate surface area is 199 Å². The van der Waals surface area contributed by atoms with Gasteiger partial charge in [0.25, 0.3) is 0 Å². The molecule has 0 bridgehead atoms. The van der Waals surface area contributed by atoms with Gasteiger partial charge in [-0.05, 0) is 99.3 Å². The molecule has 0 spiro atoms. The Hall–Kier alpha value is -0.300. The second-order valence-corrected chi connectivity index (χ2v) is 10.5. The van der Waals surface area contributed by atoms with Crippen LogP contribution in [-0.2, 0) is 0 Å². The Kier molecular flexibility index (Phi) is 21.5. The SMILES string of the molecule is C=C.CC.CC1CCC(C2CCC(C3CCC(C)C(C)C3)C(C)C2)CC1.CCC.CN. The Bertz CT molecular complexity index is 371. The molecule has 3 aliphatic rings. The fraction of sp³-hybridized carbons (Fsp3) is 0.933. The van der Waals surface area contributed by atoms with Crippen LogP contribution in [0.15, 0.2) is 13.2 Å². The van der Waals surface area contributed by atoms with Crippen LogP contribution in [0.4, 0.5) is 0 Å². The average Bonchev–Trinajstić information content (AvgIpc) is 2.81. The van der Waals surface area contributed by atoms with Crippen molar-refractivity contribution in [2.75, 3.05) is 7.05 Å². The number of hydrogen-bond acceptors (Lipinski definition) is 1. The van der Waals surface area contributed by atoms with Gasteiger partial charge in [-0.1, -0.05) is 81.1 Å². The molecule has 0 radical (unpaired) electrons. The van der Waals surface area contributed by atoms with Gasteiger partial charge in [-0.2, -0.15) is 0 Å². The lowest BCUT2D eigenvalue weighted by Gasteiger charge is -2.45. The minimum absolute atomic E-state index is 0.975. The molecule has 1 heteroatoms. The highest BCUT2D eigenvalue weighted by atomic mass is 14.4. The largest absolute Gasteiger partial charge is 0.333 e. The lowest BCUT2D eigenvalue weighted by molar-refractivity contribution is 0.0525. The normalized spacial score (nSPS) is 37.1. The quantitative estimate of drug-likeness (QED) is 0.427. The predicted molar refractivity (Wildman–Crippen MR) is 145 cm³/mol. The molecule has 1 nitrogen and oxygen atoms in total. The molecule has 3 fully saturated rings. The molecule has 0 aromatic rings. The van der Waals surface area contributed by atoms with Crippen LogP contribution in [0, 0.1) is 47.3 Å². The Morgan fingerprint density at radius 2 is 1.00 bits per heavy atom. The minimum Gasteiger partial charge on any atom is -0.333 e. The third-order valence-electron chi connectivity index (χ3n) is 8.25. The summed E-state index contributed by atoms with van der Waals surface area (Å²) < 4.78 is 0. The van der Waals surface area contributed by atoms with Gasteiger partial charge < -0.3 is 5.73 Å². The second-order valence-electron chi connectivity index (χ2n) is 10.5. The summed E-state index contributed by atoms with van der Waals surface area (Å²) in [6, 6.07) is 0. The van der Waals surface area contributed by atoms with Crippen molar-refractivity contribution in [1.29, 1.82) is 0 Å². The summed E-state index contributed by atoms with van der Waals surface area (Å²) in [6.07, 6.45) is 16.6. The maximum absolute atomic E-state index is 4.50. The first-order valence-corrected chi connectivity index (χ1v) is 14.0. The standard InChI is InChI=1S/C22H40.C3H8.C2H6.C2H4.CH5N/c1-15-5-8-19(9-6-15)20-11-12-22(18(4)14-20)21-10-7-16(2)17(3)13-21;1-3-2;3*1-2/h15-22H,5-14H2,1-4H3;3H2,1-2H3;1-2H3;1-2H2;2H2,1H3. The molecule has 0 aliphatic heterocycles. The van der Waals surface area contributed by atoms with E-state index in [4.69, 9.17) is 0 Å². The van der Waals surface area contributed by atoms with Gasteiger partial charge in [0.05, 0.1) is 0 Å². The highest BCUT2D eigenvalue weighted by Gasteiger charge is 2.38. The average molecular weight is 438 g/mol. The highest BCUT2D eigenvalue weighted by molar-refractivity contribution is 4.89. The lowest BCUT2D eigenvalue weighted by Crippen LogP contribution is -2.35. The van der Waals surface area contributed by atoms with Gasteiger partial charge in [0.2, 0.25) is 0 Å². The van der Waals surface area contributed by atoms with E-state index in [1.165, 1.54) is 45.6 Å². The van der Waals surface area contributed by atoms with Crippen molar-refractivity contribution in [3.05, 3.63) is 13.2 Å². The maximum atomic E-state index is 4.50. The smallest absolute Gasteiger partial charge is 0.0195 e. The fourth-order valence-electron chi connectivity index (χ4n) is 6.33. The van der Waals surface area contributed by atoms with Crippen molar-refractivity contribution in [3.63, 3.8) is 0 Å². The predicted octanol–water partition coefficient (Wildman–Crippen LogP) is 9.76. The fourth-order valence-corrected chi connectivity index (χ4v) is 6.33. The van der Waals surface area contributed by atoms with Crippen molar-refractivity contribution < 1.29 is 0 Å². The third kappa shape index (κ3) is 11.9. The topological polar surface area (TPSA) is 26.0 Å². The number of hydrogen-bond donors (Lipinski definition) is 1. The molecule has 3 aliphatic carbocycles. The Balaban J connectivity index is 0. The van der Waals surface area contributed by atoms with Gasteiger partial charge in [0.1, 0.15) is 0 Å². The third-order valence-corrected chi connectivity index (χ3v) is 8.25. The van der Waals surface area contributed by atoms with Crippen LogP contribution in [0.25, 0.3) is 0 Å². The van der Waals surface area contributed by atoms with Gasteiger partial charge in [0, 0.05) is 0 Å². The summed E-state index contributed by atoms with van der Waals surface area (Å²) in [7, 11) is 1.50. The van der Waals surface area contributed by atoms with E-state index in [0.29, 0.717) is 0 Å². The molecule has 31 heavy (non-hydrogen) atoms. The molecule has 0 amide bonds. The van der Waals surface area contributed by atoms with Crippen LogP contribution in [0.2, 0.25) is 0 Å². The van der Waals surface area contributed by atoms with Gasteiger partial charge in [0.15, 0.2) is 0 Å². The molecular formula is C30H63N. The van der Waals surface area contributed by atoms with E-state index in [-0.39, 0.29) is 0 Å². The molecule has 3 rings (SSSR count). The summed E-state index contributed by atoms with van der Waals surface area (Å²) in [5, 5.41) is 0. The molecule has 0 heterocycles. The van der Waals surface area contributed by atoms with E-state index in [0.717, 1.165) is 47.3 Å². The molecule has 188 valence electrons. The van der Waals surface area contributed by atoms with Crippen LogP contribution in [0.1, 0.15) is 126 Å². The molecule has 0 saturated heterocycles. The summed E-state index contributed by atoms with van der Waals surface area (Å²) in [4.78, 5) is 0. The van der Waals surface area contributed by atoms with Crippen LogP contribution in [0.3, 0.4) is 0 Å². The summed E-state index contributed by atoms with van der Waals surface area (Å²) >= 11 is 0. The van der Waals surface area contributed by atoms with Gasteiger partial charge in [-0.3, -0.25) is 0 Å². The van der Waals surface area contributed by atoms with Crippen molar-refractivity contribution in [2.45, 2.75) is 126 Å². The first-order valence-electron chi connectivity index (χ1n) is 14.0. The lowest BCUT2D eigenvalue weighted by atomic mass is 9.60. The summed E-state index contributed by atoms with van der Waals surface area (Å²) in [6.45, 7) is 24.3. The zero-order chi connectivity index (χ0) is 24.4. The zero-order valence-electron chi connectivity index (χ0n) is 23.4. The molecule has 6 atom stereocenters. The molecule has 0 aromatic heterocycles. The van der Waals surface area contributed by atoms with Crippen LogP contribution in [-0.4, -0.2) is 7.05 Å². The van der Waals surface area contributed by atoms with E-state index in [1.54, 1.807) is 32.1 Å². The molecule has 0 aromatic carbocycles. The van der Waals surface area contributed by atoms with Gasteiger partial charge in [-0.15, -0.1) is 13.2 Å². The Morgan fingerprint density at radius 1 is 0.581 bits per heavy atom. The van der Waals surface area contributed by atoms with Crippen molar-refractivity contribution in [1.82, 2.24) is 0 Å². The highest BCUT2D eigenvalue weighted by Crippen LogP contribution is 2.48. The number of rotatable bonds is 2. The van der Waals surface area contributed by atoms with E-state index in [2.05, 4.69) is 60.4 Å². The Morgan fingerprint density at radius 3 is 1.45 bits per heavy atom. The van der Waals surface area contributed by atoms with Crippen LogP contribution >= 0.6 is 0 Å². The van der Waals surface area contributed by atoms with E-state index in [1.807, 2.05) is 13.8 Å². The number of nitrogens with two attached hydrogens (primary N) is 1. The molecular weight excluding hydrogens is 374 g/mol. The van der Waals surface area contributed by atoms with E-state index < -0.39 is 0 Å².